The lowest BCUT2D eigenvalue weighted by Crippen LogP contribution is -2.30. The molecule has 0 spiro atoms. The summed E-state index contributed by atoms with van der Waals surface area (Å²) in [4.78, 5) is 0. The van der Waals surface area contributed by atoms with Gasteiger partial charge in [0, 0.05) is 18.8 Å². The monoisotopic (exact) mass is 247 g/mol. The van der Waals surface area contributed by atoms with Crippen molar-refractivity contribution in [3.05, 3.63) is 18.0 Å². The summed E-state index contributed by atoms with van der Waals surface area (Å²) in [5.41, 5.74) is 1.47. The lowest BCUT2D eigenvalue weighted by Gasteiger charge is -2.31. The largest absolute Gasteiger partial charge is 0.314 e. The lowest BCUT2D eigenvalue weighted by molar-refractivity contribution is 0.295. The molecule has 1 aromatic heterocycles. The van der Waals surface area contributed by atoms with Crippen LogP contribution in [0.2, 0.25) is 0 Å². The van der Waals surface area contributed by atoms with Crippen LogP contribution in [0.3, 0.4) is 0 Å². The van der Waals surface area contributed by atoms with Gasteiger partial charge < -0.3 is 5.32 Å². The quantitative estimate of drug-likeness (QED) is 0.867. The van der Waals surface area contributed by atoms with Gasteiger partial charge in [-0.2, -0.15) is 5.10 Å². The molecule has 3 heteroatoms. The number of aromatic nitrogens is 2. The van der Waals surface area contributed by atoms with Crippen molar-refractivity contribution in [2.24, 2.45) is 5.92 Å². The van der Waals surface area contributed by atoms with Crippen molar-refractivity contribution in [3.63, 3.8) is 0 Å². The Morgan fingerprint density at radius 3 is 2.83 bits per heavy atom. The fourth-order valence-electron chi connectivity index (χ4n) is 3.24. The van der Waals surface area contributed by atoms with Crippen LogP contribution in [0.5, 0.6) is 0 Å². The fraction of sp³-hybridized carbons (Fsp3) is 0.800. The van der Waals surface area contributed by atoms with Gasteiger partial charge in [0.2, 0.25) is 0 Å². The Balaban J connectivity index is 1.65. The van der Waals surface area contributed by atoms with Crippen molar-refractivity contribution in [2.45, 2.75) is 64.0 Å². The maximum absolute atomic E-state index is 4.45. The van der Waals surface area contributed by atoms with Crippen LogP contribution in [0.4, 0.5) is 0 Å². The predicted octanol–water partition coefficient (Wildman–Crippen LogP) is 2.93. The van der Waals surface area contributed by atoms with Gasteiger partial charge in [0.15, 0.2) is 0 Å². The van der Waals surface area contributed by atoms with E-state index in [1.54, 1.807) is 0 Å². The highest BCUT2D eigenvalue weighted by Gasteiger charge is 2.29. The number of rotatable bonds is 5. The molecule has 2 fully saturated rings. The van der Waals surface area contributed by atoms with Gasteiger partial charge in [-0.15, -0.1) is 0 Å². The zero-order chi connectivity index (χ0) is 12.4. The lowest BCUT2D eigenvalue weighted by atomic mass is 9.76. The topological polar surface area (TPSA) is 29.9 Å². The van der Waals surface area contributed by atoms with Crippen LogP contribution >= 0.6 is 0 Å². The van der Waals surface area contributed by atoms with E-state index in [1.165, 1.54) is 50.6 Å². The average molecular weight is 247 g/mol. The van der Waals surface area contributed by atoms with Gasteiger partial charge in [0.05, 0.1) is 6.20 Å². The minimum Gasteiger partial charge on any atom is -0.314 e. The van der Waals surface area contributed by atoms with Crippen molar-refractivity contribution >= 4 is 0 Å². The second-order valence-electron chi connectivity index (χ2n) is 5.96. The Morgan fingerprint density at radius 2 is 2.11 bits per heavy atom. The third-order valence-electron chi connectivity index (χ3n) is 4.56. The summed E-state index contributed by atoms with van der Waals surface area (Å²) in [6.45, 7) is 4.36. The molecule has 1 N–H and O–H groups in total. The van der Waals surface area contributed by atoms with Crippen LogP contribution in [0.15, 0.2) is 12.4 Å². The maximum Gasteiger partial charge on any atom is 0.0524 e. The Morgan fingerprint density at radius 1 is 1.28 bits per heavy atom. The Labute approximate surface area is 110 Å². The summed E-state index contributed by atoms with van der Waals surface area (Å²) >= 11 is 0. The number of hydrogen-bond acceptors (Lipinski definition) is 2. The maximum atomic E-state index is 4.45. The highest BCUT2D eigenvalue weighted by atomic mass is 15.3. The summed E-state index contributed by atoms with van der Waals surface area (Å²) in [7, 11) is 0. The van der Waals surface area contributed by atoms with Gasteiger partial charge in [-0.3, -0.25) is 4.68 Å². The molecule has 2 atom stereocenters. The van der Waals surface area contributed by atoms with Gasteiger partial charge in [0.25, 0.3) is 0 Å². The Hall–Kier alpha value is -0.830. The van der Waals surface area contributed by atoms with Crippen molar-refractivity contribution in [3.8, 4) is 0 Å². The van der Waals surface area contributed by atoms with Crippen LogP contribution in [0.1, 0.15) is 56.9 Å². The molecule has 3 nitrogen and oxygen atoms in total. The molecule has 100 valence electrons. The molecule has 3 rings (SSSR count). The fourth-order valence-corrected chi connectivity index (χ4v) is 3.24. The first-order valence-corrected chi connectivity index (χ1v) is 7.62. The number of hydrogen-bond donors (Lipinski definition) is 1. The molecule has 0 radical (unpaired) electrons. The molecule has 2 unspecified atom stereocenters. The van der Waals surface area contributed by atoms with Crippen LogP contribution in [0.25, 0.3) is 0 Å². The molecule has 0 bridgehead atoms. The summed E-state index contributed by atoms with van der Waals surface area (Å²) < 4.78 is 2.06. The van der Waals surface area contributed by atoms with Crippen LogP contribution < -0.4 is 5.32 Å². The summed E-state index contributed by atoms with van der Waals surface area (Å²) in [6, 6.07) is 0.839. The predicted molar refractivity (Wildman–Crippen MR) is 73.6 cm³/mol. The van der Waals surface area contributed by atoms with E-state index < -0.39 is 0 Å². The molecule has 0 aromatic carbocycles. The number of aryl methyl sites for hydroxylation is 1. The molecule has 2 aliphatic rings. The molecule has 2 aliphatic carbocycles. The van der Waals surface area contributed by atoms with E-state index in [0.29, 0.717) is 0 Å². The normalized spacial score (nSPS) is 28.5. The zero-order valence-electron chi connectivity index (χ0n) is 11.4. The van der Waals surface area contributed by atoms with E-state index in [-0.39, 0.29) is 0 Å². The SMILES string of the molecule is CCn1cc(C2CCCCC2CNC2CC2)cn1. The van der Waals surface area contributed by atoms with Gasteiger partial charge in [-0.05, 0) is 56.6 Å². The molecule has 0 saturated heterocycles. The Bertz CT molecular complexity index is 381. The van der Waals surface area contributed by atoms with Gasteiger partial charge in [-0.25, -0.2) is 0 Å². The van der Waals surface area contributed by atoms with E-state index in [2.05, 4.69) is 34.4 Å². The van der Waals surface area contributed by atoms with Crippen molar-refractivity contribution in [1.29, 1.82) is 0 Å². The first kappa shape index (κ1) is 12.2. The molecule has 18 heavy (non-hydrogen) atoms. The summed E-state index contributed by atoms with van der Waals surface area (Å²) in [5, 5.41) is 8.17. The summed E-state index contributed by atoms with van der Waals surface area (Å²) in [5.74, 6) is 1.57. The molecular formula is C15H25N3. The molecule has 1 aromatic rings. The second kappa shape index (κ2) is 5.43. The van der Waals surface area contributed by atoms with Crippen molar-refractivity contribution in [1.82, 2.24) is 15.1 Å². The average Bonchev–Trinajstić information content (AvgIpc) is 3.12. The van der Waals surface area contributed by atoms with E-state index in [1.807, 2.05) is 0 Å². The third kappa shape index (κ3) is 2.77. The van der Waals surface area contributed by atoms with Crippen LogP contribution in [-0.4, -0.2) is 22.4 Å². The molecular weight excluding hydrogens is 222 g/mol. The minimum absolute atomic E-state index is 0.741. The second-order valence-corrected chi connectivity index (χ2v) is 5.96. The first-order valence-electron chi connectivity index (χ1n) is 7.62. The third-order valence-corrected chi connectivity index (χ3v) is 4.56. The summed E-state index contributed by atoms with van der Waals surface area (Å²) in [6.07, 6.45) is 12.7. The minimum atomic E-state index is 0.741. The number of nitrogens with one attached hydrogen (secondary N) is 1. The molecule has 2 saturated carbocycles. The first-order chi connectivity index (χ1) is 8.86. The molecule has 0 amide bonds. The van der Waals surface area contributed by atoms with E-state index in [4.69, 9.17) is 0 Å². The van der Waals surface area contributed by atoms with Gasteiger partial charge in [0.1, 0.15) is 0 Å². The van der Waals surface area contributed by atoms with Crippen molar-refractivity contribution < 1.29 is 0 Å². The standard InChI is InChI=1S/C15H25N3/c1-2-18-11-13(10-17-18)15-6-4-3-5-12(15)9-16-14-7-8-14/h10-12,14-16H,2-9H2,1H3. The van der Waals surface area contributed by atoms with Gasteiger partial charge >= 0.3 is 0 Å². The Kier molecular flexibility index (Phi) is 3.69. The van der Waals surface area contributed by atoms with Gasteiger partial charge in [-0.1, -0.05) is 12.8 Å². The van der Waals surface area contributed by atoms with E-state index in [9.17, 15) is 0 Å². The molecule has 1 heterocycles. The van der Waals surface area contributed by atoms with Crippen LogP contribution in [0, 0.1) is 5.92 Å². The van der Waals surface area contributed by atoms with E-state index >= 15 is 0 Å². The van der Waals surface area contributed by atoms with E-state index in [0.717, 1.165) is 24.4 Å². The highest BCUT2D eigenvalue weighted by Crippen LogP contribution is 2.37. The van der Waals surface area contributed by atoms with Crippen LogP contribution in [-0.2, 0) is 6.54 Å². The molecule has 0 aliphatic heterocycles. The van der Waals surface area contributed by atoms with Crippen molar-refractivity contribution in [2.75, 3.05) is 6.54 Å². The zero-order valence-corrected chi connectivity index (χ0v) is 11.4. The highest BCUT2D eigenvalue weighted by molar-refractivity contribution is 5.14. The number of nitrogens with zero attached hydrogens (tertiary/aromatic N) is 2. The smallest absolute Gasteiger partial charge is 0.0524 e.